The number of ether oxygens (including phenoxy) is 1. The zero-order valence-corrected chi connectivity index (χ0v) is 32.4. The minimum Gasteiger partial charge on any atom is -0.444 e. The first-order chi connectivity index (χ1) is 25.1. The lowest BCUT2D eigenvalue weighted by Crippen LogP contribution is -2.58. The van der Waals surface area contributed by atoms with Crippen LogP contribution in [0.1, 0.15) is 71.4 Å². The van der Waals surface area contributed by atoms with Crippen LogP contribution in [0.5, 0.6) is 0 Å². The first-order valence-electron chi connectivity index (χ1n) is 18.6. The first-order valence-corrected chi connectivity index (χ1v) is 18.6. The molecule has 1 heterocycles. The lowest BCUT2D eigenvalue weighted by Gasteiger charge is -2.36. The third-order valence-corrected chi connectivity index (χ3v) is 9.33. The largest absolute Gasteiger partial charge is 0.444 e. The molecule has 0 saturated carbocycles. The van der Waals surface area contributed by atoms with E-state index in [0.29, 0.717) is 12.8 Å². The summed E-state index contributed by atoms with van der Waals surface area (Å²) >= 11 is 0. The molecule has 10 nitrogen and oxygen atoms in total. The van der Waals surface area contributed by atoms with E-state index in [-0.39, 0.29) is 24.1 Å². The van der Waals surface area contributed by atoms with Gasteiger partial charge in [-0.15, -0.1) is 0 Å². The van der Waals surface area contributed by atoms with Gasteiger partial charge in [0.1, 0.15) is 17.7 Å². The Balaban J connectivity index is 1.58. The summed E-state index contributed by atoms with van der Waals surface area (Å²) in [5.74, 6) is -0.975. The summed E-state index contributed by atoms with van der Waals surface area (Å²) in [6.45, 7) is 10.6. The van der Waals surface area contributed by atoms with Crippen LogP contribution in [0.15, 0.2) is 97.1 Å². The molecule has 4 amide bonds. The average Bonchev–Trinajstić information content (AvgIpc) is 3.12. The molecule has 53 heavy (non-hydrogen) atoms. The Morgan fingerprint density at radius 2 is 1.28 bits per heavy atom. The molecule has 1 fully saturated rings. The smallest absolute Gasteiger partial charge is 0.408 e. The van der Waals surface area contributed by atoms with Gasteiger partial charge in [0, 0.05) is 45.6 Å². The molecule has 284 valence electrons. The van der Waals surface area contributed by atoms with Crippen LogP contribution in [0.3, 0.4) is 0 Å². The summed E-state index contributed by atoms with van der Waals surface area (Å²) in [7, 11) is 3.27. The third kappa shape index (κ3) is 12.9. The molecule has 0 unspecified atom stereocenters. The molecule has 0 aliphatic carbocycles. The van der Waals surface area contributed by atoms with Gasteiger partial charge in [0.15, 0.2) is 0 Å². The third-order valence-electron chi connectivity index (χ3n) is 9.33. The Bertz CT molecular complexity index is 1680. The number of alkyl carbamates (subject to hydrolysis) is 1. The minimum absolute atomic E-state index is 0.242. The van der Waals surface area contributed by atoms with E-state index < -0.39 is 29.3 Å². The fraction of sp³-hybridized carbons (Fsp3) is 0.442. The van der Waals surface area contributed by atoms with Crippen molar-refractivity contribution in [1.29, 1.82) is 0 Å². The second kappa shape index (κ2) is 18.7. The van der Waals surface area contributed by atoms with Gasteiger partial charge in [-0.1, -0.05) is 97.4 Å². The predicted molar refractivity (Wildman–Crippen MR) is 210 cm³/mol. The van der Waals surface area contributed by atoms with Crippen molar-refractivity contribution in [3.63, 3.8) is 0 Å². The van der Waals surface area contributed by atoms with Gasteiger partial charge < -0.3 is 19.9 Å². The fourth-order valence-electron chi connectivity index (χ4n) is 6.30. The molecule has 1 aliphatic rings. The average molecular weight is 724 g/mol. The van der Waals surface area contributed by atoms with E-state index in [9.17, 15) is 19.2 Å². The molecule has 4 rings (SSSR count). The monoisotopic (exact) mass is 723 g/mol. The van der Waals surface area contributed by atoms with Gasteiger partial charge in [-0.25, -0.2) is 9.80 Å². The number of nitrogens with one attached hydrogen (secondary N) is 2. The van der Waals surface area contributed by atoms with Crippen LogP contribution in [0, 0.1) is 0 Å². The number of likely N-dealkylation sites (N-methyl/N-ethyl adjacent to an activating group) is 2. The lowest BCUT2D eigenvalue weighted by atomic mass is 9.98. The van der Waals surface area contributed by atoms with E-state index in [2.05, 4.69) is 10.7 Å². The van der Waals surface area contributed by atoms with Crippen LogP contribution in [0.25, 0.3) is 11.1 Å². The van der Waals surface area contributed by atoms with E-state index in [1.807, 2.05) is 104 Å². The Hall–Kier alpha value is -4.96. The molecule has 10 heteroatoms. The standard InChI is InChI=1S/C43H57N5O5/c1-42(2,3)53-41(52)44-43(4,5)27-17-22-38(49)46(6)37(31-33-23-25-35(26-24-33)34-20-13-9-14-21-34)40(51)47(7)36(30-32-18-11-8-12-19-32)39(50)45-48-28-15-10-16-29-48/h8-9,11-14,17-26,36-37H,10,15-16,27-31H2,1-7H3,(H,44,52)(H,45,50)/t36-,37-/m1/s1. The van der Waals surface area contributed by atoms with Crippen molar-refractivity contribution in [1.82, 2.24) is 25.6 Å². The highest BCUT2D eigenvalue weighted by atomic mass is 16.6. The van der Waals surface area contributed by atoms with E-state index in [0.717, 1.165) is 54.6 Å². The Morgan fingerprint density at radius 1 is 0.736 bits per heavy atom. The van der Waals surface area contributed by atoms with Crippen molar-refractivity contribution in [3.8, 4) is 11.1 Å². The molecule has 0 aromatic heterocycles. The maximum absolute atomic E-state index is 14.6. The second-order valence-corrected chi connectivity index (χ2v) is 15.5. The topological polar surface area (TPSA) is 111 Å². The zero-order chi connectivity index (χ0) is 38.6. The molecule has 3 aromatic rings. The highest BCUT2D eigenvalue weighted by Crippen LogP contribution is 2.22. The summed E-state index contributed by atoms with van der Waals surface area (Å²) < 4.78 is 5.40. The van der Waals surface area contributed by atoms with Crippen LogP contribution in [-0.2, 0) is 32.0 Å². The highest BCUT2D eigenvalue weighted by Gasteiger charge is 2.35. The molecule has 0 spiro atoms. The molecule has 1 aliphatic heterocycles. The lowest BCUT2D eigenvalue weighted by molar-refractivity contribution is -0.147. The van der Waals surface area contributed by atoms with Gasteiger partial charge in [0.25, 0.3) is 5.91 Å². The molecular weight excluding hydrogens is 667 g/mol. The number of piperidine rings is 1. The number of hydrazine groups is 1. The molecule has 1 saturated heterocycles. The summed E-state index contributed by atoms with van der Waals surface area (Å²) in [6.07, 6.45) is 6.61. The summed E-state index contributed by atoms with van der Waals surface area (Å²) in [5.41, 5.74) is 5.66. The molecule has 2 N–H and O–H groups in total. The number of nitrogens with zero attached hydrogens (tertiary/aromatic N) is 3. The van der Waals surface area contributed by atoms with Crippen molar-refractivity contribution in [3.05, 3.63) is 108 Å². The molecule has 0 bridgehead atoms. The van der Waals surface area contributed by atoms with Crippen LogP contribution in [-0.4, -0.2) is 89.0 Å². The second-order valence-electron chi connectivity index (χ2n) is 15.5. The van der Waals surface area contributed by atoms with Crippen molar-refractivity contribution in [2.24, 2.45) is 0 Å². The SMILES string of the molecule is CN(C(=O)C=CCC(C)(C)NC(=O)OC(C)(C)C)[C@H](Cc1ccc(-c2ccccc2)cc1)C(=O)N(C)[C@H](Cc1ccccc1)C(=O)NN1CCCCC1. The highest BCUT2D eigenvalue weighted by molar-refractivity contribution is 5.95. The number of rotatable bonds is 14. The van der Waals surface area contributed by atoms with Gasteiger partial charge in [-0.05, 0) is 82.2 Å². The number of benzene rings is 3. The Kier molecular flexibility index (Phi) is 14.4. The first kappa shape index (κ1) is 40.8. The van der Waals surface area contributed by atoms with E-state index in [1.165, 1.54) is 15.9 Å². The van der Waals surface area contributed by atoms with E-state index in [1.54, 1.807) is 40.9 Å². The number of carbonyl (C=O) groups excluding carboxylic acids is 4. The molecular formula is C43H57N5O5. The van der Waals surface area contributed by atoms with Gasteiger partial charge in [-0.3, -0.25) is 19.8 Å². The number of hydrogen-bond donors (Lipinski definition) is 2. The number of carbonyl (C=O) groups is 4. The number of hydrogen-bond acceptors (Lipinski definition) is 6. The van der Waals surface area contributed by atoms with Crippen LogP contribution in [0.4, 0.5) is 4.79 Å². The van der Waals surface area contributed by atoms with Crippen molar-refractivity contribution in [2.75, 3.05) is 27.2 Å². The van der Waals surface area contributed by atoms with Crippen molar-refractivity contribution < 1.29 is 23.9 Å². The van der Waals surface area contributed by atoms with Crippen LogP contribution < -0.4 is 10.7 Å². The quantitative estimate of drug-likeness (QED) is 0.183. The van der Waals surface area contributed by atoms with Crippen molar-refractivity contribution in [2.45, 2.75) is 96.4 Å². The minimum atomic E-state index is -0.909. The predicted octanol–water partition coefficient (Wildman–Crippen LogP) is 6.56. The zero-order valence-electron chi connectivity index (χ0n) is 32.4. The van der Waals surface area contributed by atoms with Crippen LogP contribution in [0.2, 0.25) is 0 Å². The molecule has 3 aromatic carbocycles. The van der Waals surface area contributed by atoms with Crippen LogP contribution >= 0.6 is 0 Å². The maximum atomic E-state index is 14.6. The molecule has 2 atom stereocenters. The summed E-state index contributed by atoms with van der Waals surface area (Å²) in [4.78, 5) is 57.7. The Labute approximate surface area is 315 Å². The number of amides is 4. The normalized spacial score (nSPS) is 14.9. The van der Waals surface area contributed by atoms with Crippen molar-refractivity contribution >= 4 is 23.8 Å². The van der Waals surface area contributed by atoms with Gasteiger partial charge in [0.2, 0.25) is 11.8 Å². The van der Waals surface area contributed by atoms with Gasteiger partial charge in [0.05, 0.1) is 0 Å². The fourth-order valence-corrected chi connectivity index (χ4v) is 6.30. The summed E-state index contributed by atoms with van der Waals surface area (Å²) in [5, 5.41) is 4.79. The Morgan fingerprint density at radius 3 is 1.89 bits per heavy atom. The van der Waals surface area contributed by atoms with E-state index >= 15 is 0 Å². The van der Waals surface area contributed by atoms with Gasteiger partial charge in [-0.2, -0.15) is 0 Å². The van der Waals surface area contributed by atoms with Gasteiger partial charge >= 0.3 is 6.09 Å². The van der Waals surface area contributed by atoms with E-state index in [4.69, 9.17) is 4.74 Å². The summed E-state index contributed by atoms with van der Waals surface area (Å²) in [6, 6.07) is 26.0. The molecule has 0 radical (unpaired) electrons. The maximum Gasteiger partial charge on any atom is 0.408 e.